The van der Waals surface area contributed by atoms with E-state index in [-0.39, 0.29) is 0 Å². The van der Waals surface area contributed by atoms with Crippen molar-refractivity contribution in [3.8, 4) is 0 Å². The lowest BCUT2D eigenvalue weighted by molar-refractivity contribution is 1.62. The van der Waals surface area contributed by atoms with E-state index in [1.54, 1.807) is 11.9 Å². The van der Waals surface area contributed by atoms with Gasteiger partial charge in [0.15, 0.2) is 0 Å². The van der Waals surface area contributed by atoms with Crippen LogP contribution < -0.4 is 4.72 Å². The molecule has 1 aromatic rings. The van der Waals surface area contributed by atoms with Crippen molar-refractivity contribution in [2.45, 2.75) is 0 Å². The van der Waals surface area contributed by atoms with Gasteiger partial charge in [-0.2, -0.15) is 0 Å². The topological polar surface area (TPSA) is 12.0 Å². The van der Waals surface area contributed by atoms with E-state index in [1.807, 2.05) is 12.1 Å². The summed E-state index contributed by atoms with van der Waals surface area (Å²) in [5.41, 5.74) is 2.52. The number of benzene rings is 1. The molecule has 9 heavy (non-hydrogen) atoms. The van der Waals surface area contributed by atoms with Gasteiger partial charge in [-0.15, -0.1) is 0 Å². The number of hydrogen-bond donors (Lipinski definition) is 1. The van der Waals surface area contributed by atoms with Crippen LogP contribution in [-0.2, 0) is 0 Å². The highest BCUT2D eigenvalue weighted by molar-refractivity contribution is 8.03. The molecule has 0 aliphatic carbocycles. The molecule has 0 aromatic heterocycles. The van der Waals surface area contributed by atoms with Crippen molar-refractivity contribution in [2.24, 2.45) is 0 Å². The van der Waals surface area contributed by atoms with E-state index < -0.39 is 0 Å². The van der Waals surface area contributed by atoms with Crippen molar-refractivity contribution < 1.29 is 0 Å². The molecule has 0 spiro atoms. The van der Waals surface area contributed by atoms with E-state index >= 15 is 0 Å². The zero-order valence-electron chi connectivity index (χ0n) is 4.79. The molecule has 1 aliphatic rings. The maximum absolute atomic E-state index is 3.16. The van der Waals surface area contributed by atoms with E-state index in [9.17, 15) is 0 Å². The first kappa shape index (κ1) is 5.18. The maximum Gasteiger partial charge on any atom is 0.0693 e. The molecule has 45 valence electrons. The molecule has 1 heterocycles. The van der Waals surface area contributed by atoms with Crippen molar-refractivity contribution in [3.63, 3.8) is 0 Å². The van der Waals surface area contributed by atoms with Crippen LogP contribution in [0.3, 0.4) is 0 Å². The first-order valence-electron chi connectivity index (χ1n) is 2.81. The molecule has 0 amide bonds. The van der Waals surface area contributed by atoms with Crippen LogP contribution in [0.2, 0.25) is 0 Å². The number of rotatable bonds is 0. The molecule has 0 atom stereocenters. The second kappa shape index (κ2) is 1.95. The molecular formula is C7H6NS. The number of fused-ring (bicyclic) bond motifs is 1. The Morgan fingerprint density at radius 3 is 3.00 bits per heavy atom. The molecule has 0 unspecified atom stereocenters. The van der Waals surface area contributed by atoms with Crippen LogP contribution in [0.15, 0.2) is 24.3 Å². The standard InChI is InChI=1S/C7H6NS/c1-2-4-7-6(3-1)5-9-8-7/h1-5,8H. The average molecular weight is 136 g/mol. The Hall–Kier alpha value is -0.630. The van der Waals surface area contributed by atoms with Crippen molar-refractivity contribution >= 4 is 17.6 Å². The van der Waals surface area contributed by atoms with Gasteiger partial charge in [0.1, 0.15) is 0 Å². The van der Waals surface area contributed by atoms with Crippen molar-refractivity contribution in [1.82, 2.24) is 0 Å². The van der Waals surface area contributed by atoms with Gasteiger partial charge in [-0.05, 0) is 23.6 Å². The highest BCUT2D eigenvalue weighted by Gasteiger charge is 2.07. The first-order valence-corrected chi connectivity index (χ1v) is 3.69. The van der Waals surface area contributed by atoms with Crippen LogP contribution in [0.25, 0.3) is 0 Å². The Balaban J connectivity index is 2.54. The van der Waals surface area contributed by atoms with Crippen molar-refractivity contribution in [3.05, 3.63) is 35.6 Å². The molecule has 1 N–H and O–H groups in total. The summed E-state index contributed by atoms with van der Waals surface area (Å²) in [6.07, 6.45) is 0. The summed E-state index contributed by atoms with van der Waals surface area (Å²) >= 11 is 1.63. The fourth-order valence-electron chi connectivity index (χ4n) is 0.849. The smallest absolute Gasteiger partial charge is 0.0693 e. The van der Waals surface area contributed by atoms with Crippen LogP contribution in [-0.4, -0.2) is 0 Å². The molecule has 0 saturated heterocycles. The third-order valence-corrected chi connectivity index (χ3v) is 2.03. The minimum absolute atomic E-state index is 1.22. The van der Waals surface area contributed by atoms with Crippen molar-refractivity contribution in [1.29, 1.82) is 0 Å². The molecule has 0 saturated carbocycles. The summed E-state index contributed by atoms with van der Waals surface area (Å²) in [7, 11) is 0. The predicted molar refractivity (Wildman–Crippen MR) is 41.1 cm³/mol. The van der Waals surface area contributed by atoms with Gasteiger partial charge in [-0.25, -0.2) is 0 Å². The molecule has 1 aliphatic heterocycles. The fraction of sp³-hybridized carbons (Fsp3) is 0. The Labute approximate surface area is 58.6 Å². The SMILES string of the molecule is [CH]1SNc2ccccc21. The highest BCUT2D eigenvalue weighted by atomic mass is 32.2. The summed E-state index contributed by atoms with van der Waals surface area (Å²) in [4.78, 5) is 0. The third kappa shape index (κ3) is 0.793. The fourth-order valence-corrected chi connectivity index (χ4v) is 1.55. The summed E-state index contributed by atoms with van der Waals surface area (Å²) in [5, 5.41) is 0. The number of para-hydroxylation sites is 1. The van der Waals surface area contributed by atoms with Crippen LogP contribution in [0.4, 0.5) is 5.69 Å². The molecule has 1 nitrogen and oxygen atoms in total. The highest BCUT2D eigenvalue weighted by Crippen LogP contribution is 2.31. The summed E-state index contributed by atoms with van der Waals surface area (Å²) in [6, 6.07) is 8.25. The van der Waals surface area contributed by atoms with Gasteiger partial charge in [-0.1, -0.05) is 18.2 Å². The van der Waals surface area contributed by atoms with Gasteiger partial charge in [0.05, 0.1) is 5.75 Å². The van der Waals surface area contributed by atoms with E-state index in [2.05, 4.69) is 22.6 Å². The normalized spacial score (nSPS) is 14.7. The number of nitrogens with one attached hydrogen (secondary N) is 1. The van der Waals surface area contributed by atoms with E-state index in [1.165, 1.54) is 11.3 Å². The van der Waals surface area contributed by atoms with Crippen molar-refractivity contribution in [2.75, 3.05) is 4.72 Å². The maximum atomic E-state index is 3.16. The molecule has 2 rings (SSSR count). The van der Waals surface area contributed by atoms with Crippen LogP contribution in [0.5, 0.6) is 0 Å². The van der Waals surface area contributed by atoms with Gasteiger partial charge < -0.3 is 4.72 Å². The van der Waals surface area contributed by atoms with Gasteiger partial charge in [0.2, 0.25) is 0 Å². The minimum Gasteiger partial charge on any atom is -0.329 e. The van der Waals surface area contributed by atoms with E-state index in [4.69, 9.17) is 0 Å². The second-order valence-electron chi connectivity index (χ2n) is 1.93. The lowest BCUT2D eigenvalue weighted by Gasteiger charge is -1.92. The largest absolute Gasteiger partial charge is 0.329 e. The molecule has 0 bridgehead atoms. The number of hydrogen-bond acceptors (Lipinski definition) is 2. The summed E-state index contributed by atoms with van der Waals surface area (Å²) < 4.78 is 3.16. The summed E-state index contributed by atoms with van der Waals surface area (Å²) in [6.45, 7) is 0. The monoisotopic (exact) mass is 136 g/mol. The van der Waals surface area contributed by atoms with Crippen LogP contribution in [0, 0.1) is 5.75 Å². The van der Waals surface area contributed by atoms with E-state index in [0.717, 1.165) is 0 Å². The second-order valence-corrected chi connectivity index (χ2v) is 2.60. The molecular weight excluding hydrogens is 130 g/mol. The zero-order valence-corrected chi connectivity index (χ0v) is 5.61. The Bertz CT molecular complexity index is 199. The van der Waals surface area contributed by atoms with Gasteiger partial charge in [0, 0.05) is 5.69 Å². The number of anilines is 1. The van der Waals surface area contributed by atoms with Crippen LogP contribution >= 0.6 is 11.9 Å². The molecule has 2 heteroatoms. The van der Waals surface area contributed by atoms with Crippen LogP contribution in [0.1, 0.15) is 5.56 Å². The average Bonchev–Trinajstić information content (AvgIpc) is 2.33. The Morgan fingerprint density at radius 2 is 2.11 bits per heavy atom. The molecule has 0 fully saturated rings. The lowest BCUT2D eigenvalue weighted by Crippen LogP contribution is -1.76. The predicted octanol–water partition coefficient (Wildman–Crippen LogP) is 2.27. The van der Waals surface area contributed by atoms with E-state index in [0.29, 0.717) is 0 Å². The Morgan fingerprint density at radius 1 is 1.22 bits per heavy atom. The Kier molecular flexibility index (Phi) is 1.12. The zero-order chi connectivity index (χ0) is 6.10. The molecule has 1 aromatic carbocycles. The third-order valence-electron chi connectivity index (χ3n) is 1.32. The quantitative estimate of drug-likeness (QED) is 0.549. The van der Waals surface area contributed by atoms with Gasteiger partial charge in [0.25, 0.3) is 0 Å². The van der Waals surface area contributed by atoms with Gasteiger partial charge >= 0.3 is 0 Å². The minimum atomic E-state index is 1.22. The molecule has 1 radical (unpaired) electrons. The lowest BCUT2D eigenvalue weighted by atomic mass is 10.2. The first-order chi connectivity index (χ1) is 4.47. The summed E-state index contributed by atoms with van der Waals surface area (Å²) in [5.74, 6) is 2.11. The van der Waals surface area contributed by atoms with Gasteiger partial charge in [-0.3, -0.25) is 0 Å².